The fourth-order valence-corrected chi connectivity index (χ4v) is 2.14. The molecule has 0 saturated heterocycles. The van der Waals surface area contributed by atoms with Gasteiger partial charge < -0.3 is 10.1 Å². The molecule has 0 unspecified atom stereocenters. The number of nitrogens with one attached hydrogen (secondary N) is 1. The predicted octanol–water partition coefficient (Wildman–Crippen LogP) is 4.41. The molecular formula is C17H31NO2. The molecule has 0 spiro atoms. The van der Waals surface area contributed by atoms with E-state index in [1.54, 1.807) is 7.11 Å². The van der Waals surface area contributed by atoms with E-state index in [4.69, 9.17) is 4.74 Å². The quantitative estimate of drug-likeness (QED) is 0.528. The van der Waals surface area contributed by atoms with E-state index in [9.17, 15) is 4.79 Å². The number of methoxy groups -OCH3 is 1. The SMILES string of the molecule is C=C(/C=C(\OC)C(C)(C)C)NC(=O)C(CCC)CCC. The molecule has 1 amide bonds. The highest BCUT2D eigenvalue weighted by Crippen LogP contribution is 2.26. The van der Waals surface area contributed by atoms with Crippen LogP contribution < -0.4 is 5.32 Å². The van der Waals surface area contributed by atoms with Crippen LogP contribution in [-0.4, -0.2) is 13.0 Å². The number of carbonyl (C=O) groups excluding carboxylic acids is 1. The average Bonchev–Trinajstić information content (AvgIpc) is 2.34. The standard InChI is InChI=1S/C17H31NO2/c1-8-10-14(11-9-2)16(19)18-13(3)12-15(20-7)17(4,5)6/h12,14H,3,8-11H2,1-2,4-7H3,(H,18,19)/b15-12-. The first kappa shape index (κ1) is 18.8. The third kappa shape index (κ3) is 6.78. The third-order valence-corrected chi connectivity index (χ3v) is 3.19. The van der Waals surface area contributed by atoms with Crippen LogP contribution in [0.15, 0.2) is 24.1 Å². The molecule has 0 aromatic rings. The summed E-state index contributed by atoms with van der Waals surface area (Å²) in [5.74, 6) is 0.959. The molecule has 116 valence electrons. The van der Waals surface area contributed by atoms with Gasteiger partial charge in [-0.3, -0.25) is 4.79 Å². The molecule has 0 aromatic heterocycles. The van der Waals surface area contributed by atoms with Gasteiger partial charge in [0.15, 0.2) is 0 Å². The van der Waals surface area contributed by atoms with Crippen molar-refractivity contribution in [2.45, 2.75) is 60.3 Å². The normalized spacial score (nSPS) is 12.4. The van der Waals surface area contributed by atoms with Crippen molar-refractivity contribution in [2.75, 3.05) is 7.11 Å². The van der Waals surface area contributed by atoms with Gasteiger partial charge in [0.1, 0.15) is 5.76 Å². The van der Waals surface area contributed by atoms with Crippen LogP contribution in [0.2, 0.25) is 0 Å². The van der Waals surface area contributed by atoms with E-state index in [0.29, 0.717) is 5.70 Å². The highest BCUT2D eigenvalue weighted by molar-refractivity contribution is 5.80. The monoisotopic (exact) mass is 281 g/mol. The lowest BCUT2D eigenvalue weighted by molar-refractivity contribution is -0.124. The molecule has 0 bridgehead atoms. The number of amides is 1. The summed E-state index contributed by atoms with van der Waals surface area (Å²) in [7, 11) is 1.64. The number of hydrogen-bond donors (Lipinski definition) is 1. The van der Waals surface area contributed by atoms with Crippen molar-refractivity contribution in [3.63, 3.8) is 0 Å². The van der Waals surface area contributed by atoms with Gasteiger partial charge in [-0.1, -0.05) is 54.0 Å². The summed E-state index contributed by atoms with van der Waals surface area (Å²) >= 11 is 0. The van der Waals surface area contributed by atoms with E-state index in [2.05, 4.69) is 46.5 Å². The fourth-order valence-electron chi connectivity index (χ4n) is 2.14. The van der Waals surface area contributed by atoms with Crippen LogP contribution in [0.1, 0.15) is 60.3 Å². The zero-order valence-corrected chi connectivity index (χ0v) is 14.0. The summed E-state index contributed by atoms with van der Waals surface area (Å²) in [6, 6.07) is 0. The molecule has 0 heterocycles. The minimum absolute atomic E-state index is 0.0688. The van der Waals surface area contributed by atoms with Crippen molar-refractivity contribution >= 4 is 5.91 Å². The molecule has 0 atom stereocenters. The van der Waals surface area contributed by atoms with E-state index >= 15 is 0 Å². The van der Waals surface area contributed by atoms with Crippen molar-refractivity contribution < 1.29 is 9.53 Å². The molecule has 0 aliphatic carbocycles. The second-order valence-electron chi connectivity index (χ2n) is 6.25. The number of rotatable bonds is 8. The summed E-state index contributed by atoms with van der Waals surface area (Å²) in [6.45, 7) is 14.3. The van der Waals surface area contributed by atoms with E-state index in [1.165, 1.54) is 0 Å². The average molecular weight is 281 g/mol. The van der Waals surface area contributed by atoms with E-state index in [1.807, 2.05) is 6.08 Å². The Morgan fingerprint density at radius 2 is 1.75 bits per heavy atom. The summed E-state index contributed by atoms with van der Waals surface area (Å²) in [6.07, 6.45) is 5.70. The van der Waals surface area contributed by atoms with E-state index in [-0.39, 0.29) is 17.2 Å². The first-order valence-electron chi connectivity index (χ1n) is 7.52. The van der Waals surface area contributed by atoms with Crippen LogP contribution in [0.5, 0.6) is 0 Å². The summed E-state index contributed by atoms with van der Waals surface area (Å²) < 4.78 is 5.37. The molecule has 20 heavy (non-hydrogen) atoms. The van der Waals surface area contributed by atoms with Crippen molar-refractivity contribution in [3.05, 3.63) is 24.1 Å². The molecule has 0 aliphatic heterocycles. The highest BCUT2D eigenvalue weighted by Gasteiger charge is 2.20. The zero-order chi connectivity index (χ0) is 15.8. The topological polar surface area (TPSA) is 38.3 Å². The van der Waals surface area contributed by atoms with Gasteiger partial charge in [-0.25, -0.2) is 0 Å². The highest BCUT2D eigenvalue weighted by atomic mass is 16.5. The lowest BCUT2D eigenvalue weighted by Crippen LogP contribution is -2.29. The van der Waals surface area contributed by atoms with Gasteiger partial charge in [0.05, 0.1) is 7.11 Å². The molecule has 0 rings (SSSR count). The van der Waals surface area contributed by atoms with Crippen LogP contribution in [0.3, 0.4) is 0 Å². The Balaban J connectivity index is 4.73. The maximum atomic E-state index is 12.2. The predicted molar refractivity (Wildman–Crippen MR) is 85.1 cm³/mol. The minimum Gasteiger partial charge on any atom is -0.500 e. The van der Waals surface area contributed by atoms with Crippen LogP contribution in [0, 0.1) is 11.3 Å². The largest absolute Gasteiger partial charge is 0.500 e. The molecule has 3 nitrogen and oxygen atoms in total. The van der Waals surface area contributed by atoms with Gasteiger partial charge in [0.25, 0.3) is 0 Å². The van der Waals surface area contributed by atoms with Gasteiger partial charge in [-0.2, -0.15) is 0 Å². The van der Waals surface area contributed by atoms with Gasteiger partial charge >= 0.3 is 0 Å². The summed E-state index contributed by atoms with van der Waals surface area (Å²) in [5.41, 5.74) is 0.494. The second-order valence-corrected chi connectivity index (χ2v) is 6.25. The molecule has 0 fully saturated rings. The second kappa shape index (κ2) is 8.83. The zero-order valence-electron chi connectivity index (χ0n) is 14.0. The van der Waals surface area contributed by atoms with Gasteiger partial charge in [0, 0.05) is 17.0 Å². The molecule has 3 heteroatoms. The van der Waals surface area contributed by atoms with Crippen molar-refractivity contribution in [2.24, 2.45) is 11.3 Å². The van der Waals surface area contributed by atoms with Crippen molar-refractivity contribution in [3.8, 4) is 0 Å². The third-order valence-electron chi connectivity index (χ3n) is 3.19. The van der Waals surface area contributed by atoms with Crippen molar-refractivity contribution in [1.29, 1.82) is 0 Å². The molecule has 1 N–H and O–H groups in total. The molecule has 0 aromatic carbocycles. The number of hydrogen-bond acceptors (Lipinski definition) is 2. The fraction of sp³-hybridized carbons (Fsp3) is 0.706. The van der Waals surface area contributed by atoms with Crippen LogP contribution in [0.4, 0.5) is 0 Å². The first-order valence-corrected chi connectivity index (χ1v) is 7.52. The maximum absolute atomic E-state index is 12.2. The van der Waals surface area contributed by atoms with Crippen LogP contribution >= 0.6 is 0 Å². The number of carbonyl (C=O) groups is 1. The summed E-state index contributed by atoms with van der Waals surface area (Å²) in [4.78, 5) is 12.2. The van der Waals surface area contributed by atoms with Crippen molar-refractivity contribution in [1.82, 2.24) is 5.32 Å². The van der Waals surface area contributed by atoms with Crippen LogP contribution in [0.25, 0.3) is 0 Å². The summed E-state index contributed by atoms with van der Waals surface area (Å²) in [5, 5.41) is 2.90. The Morgan fingerprint density at radius 1 is 1.25 bits per heavy atom. The maximum Gasteiger partial charge on any atom is 0.227 e. The molecule has 0 saturated carbocycles. The Hall–Kier alpha value is -1.25. The Morgan fingerprint density at radius 3 is 2.10 bits per heavy atom. The Kier molecular flexibility index (Phi) is 8.28. The minimum atomic E-state index is -0.103. The van der Waals surface area contributed by atoms with Gasteiger partial charge in [-0.05, 0) is 18.9 Å². The van der Waals surface area contributed by atoms with Crippen LogP contribution in [-0.2, 0) is 9.53 Å². The lowest BCUT2D eigenvalue weighted by atomic mass is 9.93. The van der Waals surface area contributed by atoms with Gasteiger partial charge in [-0.15, -0.1) is 0 Å². The molecule has 0 aliphatic rings. The number of allylic oxidation sites excluding steroid dienone is 2. The lowest BCUT2D eigenvalue weighted by Gasteiger charge is -2.22. The van der Waals surface area contributed by atoms with Gasteiger partial charge in [0.2, 0.25) is 5.91 Å². The van der Waals surface area contributed by atoms with E-state index in [0.717, 1.165) is 31.4 Å². The Labute approximate surface area is 124 Å². The molecule has 0 radical (unpaired) electrons. The Bertz CT molecular complexity index is 344. The smallest absolute Gasteiger partial charge is 0.227 e. The molecular weight excluding hydrogens is 250 g/mol. The van der Waals surface area contributed by atoms with E-state index < -0.39 is 0 Å². The first-order chi connectivity index (χ1) is 9.26. The number of ether oxygens (including phenoxy) is 1.